The summed E-state index contributed by atoms with van der Waals surface area (Å²) in [5.74, 6) is 3.81. The van der Waals surface area contributed by atoms with E-state index in [4.69, 9.17) is 18.0 Å². The van der Waals surface area contributed by atoms with Gasteiger partial charge in [0.15, 0.2) is 0 Å². The number of aliphatic imine (C=N–C) groups is 1. The molecule has 1 aromatic heterocycles. The second-order valence-corrected chi connectivity index (χ2v) is 8.13. The predicted octanol–water partition coefficient (Wildman–Crippen LogP) is 3.75. The van der Waals surface area contributed by atoms with Crippen LogP contribution in [-0.4, -0.2) is 34.1 Å². The zero-order valence-electron chi connectivity index (χ0n) is 17.4. The van der Waals surface area contributed by atoms with Gasteiger partial charge in [0.05, 0.1) is 16.9 Å². The largest absolute Gasteiger partial charge is 0.342 e. The molecule has 1 aromatic rings. The molecular weight excluding hydrogens is 430 g/mol. The van der Waals surface area contributed by atoms with Crippen molar-refractivity contribution in [3.8, 4) is 12.3 Å². The van der Waals surface area contributed by atoms with Crippen LogP contribution in [0.4, 0.5) is 0 Å². The molecule has 3 rings (SSSR count). The van der Waals surface area contributed by atoms with E-state index in [9.17, 15) is 4.79 Å². The summed E-state index contributed by atoms with van der Waals surface area (Å²) < 4.78 is 1.51. The molecule has 0 amide bonds. The summed E-state index contributed by atoms with van der Waals surface area (Å²) in [6, 6.07) is 0. The number of allylic oxidation sites excluding steroid dienone is 7. The fraction of sp³-hybridized carbons (Fsp3) is 0.261. The number of alkyl halides is 1. The quantitative estimate of drug-likeness (QED) is 0.216. The Balaban J connectivity index is 2.00. The van der Waals surface area contributed by atoms with Crippen molar-refractivity contribution in [1.82, 2.24) is 20.2 Å². The molecule has 2 aliphatic rings. The number of hydrogen-bond donors (Lipinski definition) is 2. The number of halogens is 1. The van der Waals surface area contributed by atoms with Crippen molar-refractivity contribution in [2.75, 3.05) is 12.8 Å². The maximum absolute atomic E-state index is 13.2. The highest BCUT2D eigenvalue weighted by molar-refractivity contribution is 8.00. The number of aromatic nitrogens is 2. The lowest BCUT2D eigenvalue weighted by molar-refractivity contribution is 0.874. The van der Waals surface area contributed by atoms with Crippen molar-refractivity contribution in [3.63, 3.8) is 0 Å². The fourth-order valence-electron chi connectivity index (χ4n) is 3.10. The normalized spacial score (nSPS) is 18.6. The van der Waals surface area contributed by atoms with Crippen LogP contribution in [0.2, 0.25) is 0 Å². The molecule has 0 fully saturated rings. The summed E-state index contributed by atoms with van der Waals surface area (Å²) in [6.45, 7) is 1.85. The summed E-state index contributed by atoms with van der Waals surface area (Å²) in [4.78, 5) is 22.4. The molecular formula is C23H24ClN5OS. The standard InChI is InChI=1S/C23H24ClN5OS/c1-4-16(24)11-12-18(5-2)29-15-27-20-19(13-31-21(20)23(29)30)22(26-14-25-3)28-17-9-7-6-8-10-17/h1,5,7,9-12,14-16,28H,6,8,13H2,2-3H3,(H,25,26)/b12-11-,18-5+,22-19-. The van der Waals surface area contributed by atoms with Crippen LogP contribution in [0, 0.1) is 12.3 Å². The first-order chi connectivity index (χ1) is 15.1. The minimum atomic E-state index is -0.542. The van der Waals surface area contributed by atoms with Gasteiger partial charge in [-0.3, -0.25) is 14.4 Å². The number of rotatable bonds is 7. The van der Waals surface area contributed by atoms with Gasteiger partial charge in [-0.05, 0) is 31.9 Å². The van der Waals surface area contributed by atoms with E-state index < -0.39 is 5.38 Å². The lowest BCUT2D eigenvalue weighted by Crippen LogP contribution is -2.27. The molecule has 6 nitrogen and oxygen atoms in total. The second-order valence-electron chi connectivity index (χ2n) is 6.68. The van der Waals surface area contributed by atoms with Crippen molar-refractivity contribution in [3.05, 3.63) is 70.3 Å². The smallest absolute Gasteiger partial charge is 0.272 e. The van der Waals surface area contributed by atoms with Crippen LogP contribution in [0.15, 0.2) is 69.0 Å². The molecule has 0 spiro atoms. The number of hydrogen-bond acceptors (Lipinski definition) is 5. The molecule has 0 aromatic carbocycles. The van der Waals surface area contributed by atoms with Gasteiger partial charge in [0.25, 0.3) is 5.56 Å². The third-order valence-corrected chi connectivity index (χ3v) is 6.01. The Morgan fingerprint density at radius 2 is 2.32 bits per heavy atom. The van der Waals surface area contributed by atoms with E-state index in [1.807, 2.05) is 19.1 Å². The van der Waals surface area contributed by atoms with Crippen LogP contribution in [0.25, 0.3) is 11.3 Å². The van der Waals surface area contributed by atoms with Crippen LogP contribution in [0.1, 0.15) is 25.5 Å². The van der Waals surface area contributed by atoms with Crippen LogP contribution in [0.5, 0.6) is 0 Å². The summed E-state index contributed by atoms with van der Waals surface area (Å²) in [5, 5.41) is 6.06. The number of nitrogens with one attached hydrogen (secondary N) is 2. The third-order valence-electron chi connectivity index (χ3n) is 4.65. The second kappa shape index (κ2) is 10.9. The molecule has 1 unspecified atom stereocenters. The average molecular weight is 454 g/mol. The minimum absolute atomic E-state index is 0.130. The van der Waals surface area contributed by atoms with E-state index in [2.05, 4.69) is 38.7 Å². The average Bonchev–Trinajstić information content (AvgIpc) is 3.23. The van der Waals surface area contributed by atoms with E-state index in [1.165, 1.54) is 22.7 Å². The molecule has 0 saturated heterocycles. The van der Waals surface area contributed by atoms with Gasteiger partial charge < -0.3 is 10.6 Å². The number of nitrogens with zero attached hydrogens (tertiary/aromatic N) is 3. The monoisotopic (exact) mass is 453 g/mol. The lowest BCUT2D eigenvalue weighted by atomic mass is 10.1. The van der Waals surface area contributed by atoms with Gasteiger partial charge in [0.1, 0.15) is 17.5 Å². The van der Waals surface area contributed by atoms with Crippen LogP contribution in [0.3, 0.4) is 0 Å². The molecule has 1 aliphatic heterocycles. The first kappa shape index (κ1) is 22.7. The molecule has 0 radical (unpaired) electrons. The topological polar surface area (TPSA) is 71.3 Å². The SMILES string of the molecule is C#CC(Cl)/C=C\C(=C/C)n1cnc2c(c1=O)SC/C2=C(\NC=NC)NC1=CCCC=C1. The molecule has 2 heterocycles. The summed E-state index contributed by atoms with van der Waals surface area (Å²) in [5.41, 5.74) is 3.13. The van der Waals surface area contributed by atoms with Crippen molar-refractivity contribution in [2.45, 2.75) is 30.0 Å². The van der Waals surface area contributed by atoms with Gasteiger partial charge in [-0.2, -0.15) is 0 Å². The summed E-state index contributed by atoms with van der Waals surface area (Å²) in [7, 11) is 1.70. The van der Waals surface area contributed by atoms with Crippen molar-refractivity contribution >= 4 is 41.0 Å². The summed E-state index contributed by atoms with van der Waals surface area (Å²) >= 11 is 7.44. The van der Waals surface area contributed by atoms with Gasteiger partial charge in [-0.25, -0.2) is 4.98 Å². The molecule has 1 atom stereocenters. The first-order valence-corrected chi connectivity index (χ1v) is 11.2. The molecule has 0 bridgehead atoms. The Bertz CT molecular complexity index is 1120. The number of thioether (sulfide) groups is 1. The Hall–Kier alpha value is -2.95. The van der Waals surface area contributed by atoms with E-state index in [0.717, 1.165) is 29.9 Å². The highest BCUT2D eigenvalue weighted by Gasteiger charge is 2.26. The molecule has 2 N–H and O–H groups in total. The minimum Gasteiger partial charge on any atom is -0.342 e. The fourth-order valence-corrected chi connectivity index (χ4v) is 4.28. The maximum atomic E-state index is 13.2. The number of fused-ring (bicyclic) bond motifs is 1. The van der Waals surface area contributed by atoms with E-state index in [0.29, 0.717) is 22.0 Å². The van der Waals surface area contributed by atoms with Crippen LogP contribution >= 0.6 is 23.4 Å². The van der Waals surface area contributed by atoms with E-state index in [1.54, 1.807) is 25.5 Å². The van der Waals surface area contributed by atoms with Gasteiger partial charge in [-0.15, -0.1) is 29.8 Å². The van der Waals surface area contributed by atoms with E-state index in [-0.39, 0.29) is 5.56 Å². The zero-order valence-corrected chi connectivity index (χ0v) is 19.0. The van der Waals surface area contributed by atoms with Crippen molar-refractivity contribution < 1.29 is 0 Å². The van der Waals surface area contributed by atoms with Gasteiger partial charge in [0, 0.05) is 29.8 Å². The Morgan fingerprint density at radius 3 is 3.00 bits per heavy atom. The number of terminal acetylenes is 1. The predicted molar refractivity (Wildman–Crippen MR) is 131 cm³/mol. The van der Waals surface area contributed by atoms with Crippen molar-refractivity contribution in [2.24, 2.45) is 4.99 Å². The van der Waals surface area contributed by atoms with Crippen LogP contribution < -0.4 is 16.2 Å². The lowest BCUT2D eigenvalue weighted by Gasteiger charge is -2.16. The molecule has 160 valence electrons. The highest BCUT2D eigenvalue weighted by atomic mass is 35.5. The molecule has 1 aliphatic carbocycles. The van der Waals surface area contributed by atoms with Gasteiger partial charge in [-0.1, -0.05) is 30.2 Å². The van der Waals surface area contributed by atoms with Crippen molar-refractivity contribution in [1.29, 1.82) is 0 Å². The maximum Gasteiger partial charge on any atom is 0.272 e. The molecule has 0 saturated carbocycles. The Labute approximate surface area is 191 Å². The van der Waals surface area contributed by atoms with Gasteiger partial charge in [0.2, 0.25) is 0 Å². The highest BCUT2D eigenvalue weighted by Crippen LogP contribution is 2.36. The zero-order chi connectivity index (χ0) is 22.2. The molecule has 8 heteroatoms. The Kier molecular flexibility index (Phi) is 7.99. The van der Waals surface area contributed by atoms with Gasteiger partial charge >= 0.3 is 0 Å². The Morgan fingerprint density at radius 1 is 1.48 bits per heavy atom. The summed E-state index contributed by atoms with van der Waals surface area (Å²) in [6.07, 6.45) is 22.0. The molecule has 31 heavy (non-hydrogen) atoms. The van der Waals surface area contributed by atoms with E-state index >= 15 is 0 Å². The van der Waals surface area contributed by atoms with Crippen LogP contribution in [-0.2, 0) is 0 Å². The third kappa shape index (κ3) is 5.40. The first-order valence-electron chi connectivity index (χ1n) is 9.83.